The van der Waals surface area contributed by atoms with Gasteiger partial charge in [0.2, 0.25) is 0 Å². The summed E-state index contributed by atoms with van der Waals surface area (Å²) in [7, 11) is 0. The number of allylic oxidation sites excluding steroid dienone is 1. The lowest BCUT2D eigenvalue weighted by atomic mass is 9.54. The van der Waals surface area contributed by atoms with Gasteiger partial charge in [0, 0.05) is 38.0 Å². The van der Waals surface area contributed by atoms with E-state index in [0.717, 1.165) is 0 Å². The second kappa shape index (κ2) is 9.39. The van der Waals surface area contributed by atoms with Gasteiger partial charge in [0.25, 0.3) is 0 Å². The standard InChI is InChI=1S/C26H33ClO10/c1-10-8-9-16(33-13(4)28)25(7)17(11(2)19(34-14(5)29)20-23(25)36-20)21(35-15(6)30)26(32)12(3)24(31)37-22(26)18(10)27/h8-9,11-12,16-23,32H,1H2,2-7H3/b9-8-/t11-,12+,16-,17-,18+,19+,20+,21-,22?,23+,25-,26-/m1/s1. The fourth-order valence-electron chi connectivity index (χ4n) is 6.60. The molecule has 1 saturated carbocycles. The summed E-state index contributed by atoms with van der Waals surface area (Å²) < 4.78 is 28.9. The Morgan fingerprint density at radius 1 is 1.05 bits per heavy atom. The molecule has 4 aliphatic rings. The van der Waals surface area contributed by atoms with Crippen LogP contribution in [0.5, 0.6) is 0 Å². The van der Waals surface area contributed by atoms with Crippen LogP contribution in [0.2, 0.25) is 0 Å². The van der Waals surface area contributed by atoms with Crippen molar-refractivity contribution in [2.24, 2.45) is 23.2 Å². The molecule has 2 aliphatic carbocycles. The van der Waals surface area contributed by atoms with Crippen LogP contribution < -0.4 is 0 Å². The van der Waals surface area contributed by atoms with Crippen molar-refractivity contribution in [2.45, 2.75) is 89.1 Å². The summed E-state index contributed by atoms with van der Waals surface area (Å²) in [5.41, 5.74) is -2.91. The predicted molar refractivity (Wildman–Crippen MR) is 128 cm³/mol. The number of carbonyl (C=O) groups excluding carboxylic acids is 4. The van der Waals surface area contributed by atoms with Gasteiger partial charge in [-0.15, -0.1) is 11.6 Å². The van der Waals surface area contributed by atoms with E-state index in [1.165, 1.54) is 27.7 Å². The highest BCUT2D eigenvalue weighted by Crippen LogP contribution is 2.61. The maximum Gasteiger partial charge on any atom is 0.312 e. The maximum atomic E-state index is 12.8. The normalized spacial score (nSPS) is 47.4. The van der Waals surface area contributed by atoms with Crippen LogP contribution in [0.25, 0.3) is 0 Å². The van der Waals surface area contributed by atoms with Crippen LogP contribution in [0.3, 0.4) is 0 Å². The van der Waals surface area contributed by atoms with E-state index in [4.69, 9.17) is 35.3 Å². The van der Waals surface area contributed by atoms with Gasteiger partial charge in [-0.2, -0.15) is 0 Å². The number of fused-ring (bicyclic) bond motifs is 4. The van der Waals surface area contributed by atoms with E-state index in [2.05, 4.69) is 6.58 Å². The van der Waals surface area contributed by atoms with Crippen molar-refractivity contribution in [3.63, 3.8) is 0 Å². The average molecular weight is 541 g/mol. The Labute approximate surface area is 220 Å². The van der Waals surface area contributed by atoms with Crippen LogP contribution in [-0.2, 0) is 42.9 Å². The molecule has 0 aromatic carbocycles. The summed E-state index contributed by atoms with van der Waals surface area (Å²) in [5, 5.41) is 11.3. The first-order valence-electron chi connectivity index (χ1n) is 12.3. The van der Waals surface area contributed by atoms with Crippen molar-refractivity contribution in [2.75, 3.05) is 0 Å². The first-order valence-corrected chi connectivity index (χ1v) is 12.7. The van der Waals surface area contributed by atoms with Crippen molar-refractivity contribution in [1.82, 2.24) is 0 Å². The molecule has 1 N–H and O–H groups in total. The van der Waals surface area contributed by atoms with E-state index in [-0.39, 0.29) is 0 Å². The average Bonchev–Trinajstić information content (AvgIpc) is 3.57. The number of epoxide rings is 1. The molecule has 2 aliphatic heterocycles. The van der Waals surface area contributed by atoms with Crippen molar-refractivity contribution in [3.8, 4) is 0 Å². The Morgan fingerprint density at radius 3 is 2.22 bits per heavy atom. The Morgan fingerprint density at radius 2 is 1.65 bits per heavy atom. The van der Waals surface area contributed by atoms with Crippen LogP contribution in [-0.4, -0.2) is 76.6 Å². The summed E-state index contributed by atoms with van der Waals surface area (Å²) in [6, 6.07) is 0. The zero-order chi connectivity index (χ0) is 27.6. The largest absolute Gasteiger partial charge is 0.459 e. The molecular formula is C26H33ClO10. The van der Waals surface area contributed by atoms with Crippen molar-refractivity contribution < 1.29 is 48.0 Å². The minimum Gasteiger partial charge on any atom is -0.459 e. The highest BCUT2D eigenvalue weighted by Gasteiger charge is 2.75. The molecule has 0 bridgehead atoms. The van der Waals surface area contributed by atoms with Gasteiger partial charge in [-0.1, -0.05) is 26.5 Å². The van der Waals surface area contributed by atoms with E-state index >= 15 is 0 Å². The fourth-order valence-corrected chi connectivity index (χ4v) is 6.92. The molecule has 2 heterocycles. The minimum absolute atomic E-state index is 0.294. The van der Waals surface area contributed by atoms with Crippen molar-refractivity contribution in [1.29, 1.82) is 0 Å². The molecule has 1 unspecified atom stereocenters. The molecular weight excluding hydrogens is 508 g/mol. The predicted octanol–water partition coefficient (Wildman–Crippen LogP) is 1.85. The first-order chi connectivity index (χ1) is 17.1. The number of esters is 4. The molecule has 37 heavy (non-hydrogen) atoms. The Bertz CT molecular complexity index is 1060. The third kappa shape index (κ3) is 4.27. The second-order valence-corrected chi connectivity index (χ2v) is 11.2. The van der Waals surface area contributed by atoms with Crippen LogP contribution in [0, 0.1) is 23.2 Å². The number of ether oxygens (including phenoxy) is 5. The number of carbonyl (C=O) groups is 4. The smallest absolute Gasteiger partial charge is 0.312 e. The summed E-state index contributed by atoms with van der Waals surface area (Å²) in [4.78, 5) is 49.6. The number of alkyl halides is 1. The fraction of sp³-hybridized carbons (Fsp3) is 0.692. The van der Waals surface area contributed by atoms with Gasteiger partial charge in [0.15, 0.2) is 11.7 Å². The molecule has 10 nitrogen and oxygen atoms in total. The molecule has 0 aromatic rings. The zero-order valence-corrected chi connectivity index (χ0v) is 22.4. The molecule has 3 fully saturated rings. The number of halogens is 1. The molecule has 0 radical (unpaired) electrons. The highest BCUT2D eigenvalue weighted by molar-refractivity contribution is 6.23. The third-order valence-corrected chi connectivity index (χ3v) is 8.91. The van der Waals surface area contributed by atoms with Gasteiger partial charge in [-0.05, 0) is 18.6 Å². The molecule has 0 amide bonds. The van der Waals surface area contributed by atoms with Crippen LogP contribution >= 0.6 is 11.6 Å². The van der Waals surface area contributed by atoms with Gasteiger partial charge in [-0.3, -0.25) is 19.2 Å². The molecule has 2 saturated heterocycles. The van der Waals surface area contributed by atoms with Gasteiger partial charge < -0.3 is 28.8 Å². The van der Waals surface area contributed by atoms with Crippen LogP contribution in [0.1, 0.15) is 41.5 Å². The Balaban J connectivity index is 2.00. The lowest BCUT2D eigenvalue weighted by Crippen LogP contribution is -2.68. The Kier molecular flexibility index (Phi) is 7.01. The zero-order valence-electron chi connectivity index (χ0n) is 21.6. The quantitative estimate of drug-likeness (QED) is 0.244. The van der Waals surface area contributed by atoms with E-state index in [0.29, 0.717) is 5.57 Å². The number of hydrogen-bond donors (Lipinski definition) is 1. The molecule has 12 atom stereocenters. The topological polar surface area (TPSA) is 138 Å². The number of aliphatic hydroxyl groups is 1. The lowest BCUT2D eigenvalue weighted by Gasteiger charge is -2.54. The third-order valence-electron chi connectivity index (χ3n) is 8.40. The van der Waals surface area contributed by atoms with Gasteiger partial charge in [0.1, 0.15) is 24.4 Å². The monoisotopic (exact) mass is 540 g/mol. The molecule has 0 aromatic heterocycles. The summed E-state index contributed by atoms with van der Waals surface area (Å²) in [6.45, 7) is 12.8. The lowest BCUT2D eigenvalue weighted by molar-refractivity contribution is -0.222. The SMILES string of the molecule is C=C1/C=C\[C@@H](OC(C)=O)[C@]2(C)[C@H]([C@@H](C)[C@H](OC(C)=O)[C@@H]3O[C@@H]32)[C@@H](OC(C)=O)[C@@]2(O)C(OC(=O)[C@@H]2C)[C@H]1Cl. The molecule has 11 heteroatoms. The van der Waals surface area contributed by atoms with E-state index in [9.17, 15) is 24.3 Å². The molecule has 0 spiro atoms. The second-order valence-electron chi connectivity index (χ2n) is 10.7. The van der Waals surface area contributed by atoms with Gasteiger partial charge in [-0.25, -0.2) is 0 Å². The molecule has 4 rings (SSSR count). The van der Waals surface area contributed by atoms with Gasteiger partial charge >= 0.3 is 23.9 Å². The number of hydrogen-bond acceptors (Lipinski definition) is 10. The Hall–Kier alpha value is -2.43. The summed E-state index contributed by atoms with van der Waals surface area (Å²) in [5.74, 6) is -5.12. The van der Waals surface area contributed by atoms with E-state index in [1.807, 2.05) is 0 Å². The first kappa shape index (κ1) is 27.6. The van der Waals surface area contributed by atoms with Crippen LogP contribution in [0.4, 0.5) is 0 Å². The van der Waals surface area contributed by atoms with E-state index < -0.39 is 94.6 Å². The van der Waals surface area contributed by atoms with Gasteiger partial charge in [0.05, 0.1) is 17.4 Å². The summed E-state index contributed by atoms with van der Waals surface area (Å²) in [6.07, 6.45) is -2.31. The number of rotatable bonds is 3. The van der Waals surface area contributed by atoms with Crippen LogP contribution in [0.15, 0.2) is 24.3 Å². The van der Waals surface area contributed by atoms with Crippen molar-refractivity contribution in [3.05, 3.63) is 24.3 Å². The van der Waals surface area contributed by atoms with Crippen molar-refractivity contribution >= 4 is 35.5 Å². The molecule has 204 valence electrons. The highest BCUT2D eigenvalue weighted by atomic mass is 35.5. The minimum atomic E-state index is -2.10. The van der Waals surface area contributed by atoms with E-state index in [1.54, 1.807) is 26.0 Å². The summed E-state index contributed by atoms with van der Waals surface area (Å²) >= 11 is 6.70. The maximum absolute atomic E-state index is 12.8.